The van der Waals surface area contributed by atoms with Crippen LogP contribution in [0.1, 0.15) is 194 Å². The van der Waals surface area contributed by atoms with E-state index in [0.717, 1.165) is 103 Å². The average molecular weight is 701 g/mol. The molecule has 50 heavy (non-hydrogen) atoms. The van der Waals surface area contributed by atoms with Gasteiger partial charge >= 0.3 is 17.9 Å². The zero-order chi connectivity index (χ0) is 36.6. The second kappa shape index (κ2) is 39.2. The Morgan fingerprint density at radius 2 is 0.780 bits per heavy atom. The first-order valence-corrected chi connectivity index (χ1v) is 20.6. The summed E-state index contributed by atoms with van der Waals surface area (Å²) in [7, 11) is 0. The van der Waals surface area contributed by atoms with E-state index in [4.69, 9.17) is 14.2 Å². The molecule has 0 saturated heterocycles. The summed E-state index contributed by atoms with van der Waals surface area (Å²) in [6.45, 7) is 6.38. The Morgan fingerprint density at radius 1 is 0.420 bits per heavy atom. The predicted molar refractivity (Wildman–Crippen MR) is 210 cm³/mol. The molecule has 288 valence electrons. The number of carbonyl (C=O) groups excluding carboxylic acids is 3. The SMILES string of the molecule is CC/C=C\C/C=C\C/C=C\C/C=C\CCCCCCC(=O)OCC(COC(=O)CCCCCCC)OC(=O)CCCCCCCCCCCC. The first-order chi connectivity index (χ1) is 24.5. The van der Waals surface area contributed by atoms with E-state index >= 15 is 0 Å². The Bertz CT molecular complexity index is 902. The lowest BCUT2D eigenvalue weighted by Gasteiger charge is -2.18. The number of allylic oxidation sites excluding steroid dienone is 8. The monoisotopic (exact) mass is 701 g/mol. The van der Waals surface area contributed by atoms with Gasteiger partial charge in [-0.05, 0) is 57.8 Å². The molecule has 1 unspecified atom stereocenters. The molecule has 0 N–H and O–H groups in total. The summed E-state index contributed by atoms with van der Waals surface area (Å²) in [4.78, 5) is 37.3. The average Bonchev–Trinajstić information content (AvgIpc) is 3.11. The fourth-order valence-electron chi connectivity index (χ4n) is 5.49. The van der Waals surface area contributed by atoms with Crippen LogP contribution in [0, 0.1) is 0 Å². The fraction of sp³-hybridized carbons (Fsp3) is 0.750. The third-order valence-electron chi connectivity index (χ3n) is 8.60. The minimum Gasteiger partial charge on any atom is -0.462 e. The number of esters is 3. The Morgan fingerprint density at radius 3 is 1.22 bits per heavy atom. The van der Waals surface area contributed by atoms with Crippen LogP contribution in [-0.4, -0.2) is 37.2 Å². The number of unbranched alkanes of at least 4 members (excludes halogenated alkanes) is 17. The number of hydrogen-bond acceptors (Lipinski definition) is 6. The molecule has 0 aromatic rings. The van der Waals surface area contributed by atoms with Crippen LogP contribution in [0.3, 0.4) is 0 Å². The molecule has 0 heterocycles. The summed E-state index contributed by atoms with van der Waals surface area (Å²) in [5.41, 5.74) is 0. The molecule has 0 rings (SSSR count). The van der Waals surface area contributed by atoms with Gasteiger partial charge in [-0.2, -0.15) is 0 Å². The highest BCUT2D eigenvalue weighted by Gasteiger charge is 2.19. The van der Waals surface area contributed by atoms with Crippen LogP contribution in [0.4, 0.5) is 0 Å². The molecule has 0 radical (unpaired) electrons. The summed E-state index contributed by atoms with van der Waals surface area (Å²) in [5.74, 6) is -0.926. The minimum atomic E-state index is -0.773. The predicted octanol–water partition coefficient (Wildman–Crippen LogP) is 12.8. The van der Waals surface area contributed by atoms with Crippen LogP contribution in [-0.2, 0) is 28.6 Å². The van der Waals surface area contributed by atoms with Crippen LogP contribution >= 0.6 is 0 Å². The molecule has 0 aliphatic rings. The maximum absolute atomic E-state index is 12.6. The van der Waals surface area contributed by atoms with Crippen molar-refractivity contribution < 1.29 is 28.6 Å². The second-order valence-corrected chi connectivity index (χ2v) is 13.5. The lowest BCUT2D eigenvalue weighted by atomic mass is 10.1. The van der Waals surface area contributed by atoms with Gasteiger partial charge in [0.2, 0.25) is 0 Å². The van der Waals surface area contributed by atoms with E-state index in [-0.39, 0.29) is 31.1 Å². The van der Waals surface area contributed by atoms with E-state index in [1.165, 1.54) is 51.4 Å². The standard InChI is InChI=1S/C44H76O6/c1-4-7-10-13-15-17-19-20-21-22-23-24-25-27-28-31-34-37-43(46)49-40-41(39-48-42(45)36-33-30-12-9-6-3)50-44(47)38-35-32-29-26-18-16-14-11-8-5-2/h7,10,15,17,20-21,23-24,41H,4-6,8-9,11-14,16,18-19,22,25-40H2,1-3H3/b10-7-,17-15-,21-20-,24-23-. The molecule has 0 bridgehead atoms. The first kappa shape index (κ1) is 47.4. The molecule has 1 atom stereocenters. The van der Waals surface area contributed by atoms with Crippen molar-refractivity contribution in [2.75, 3.05) is 13.2 Å². The maximum Gasteiger partial charge on any atom is 0.306 e. The molecule has 0 spiro atoms. The van der Waals surface area contributed by atoms with Crippen molar-refractivity contribution in [2.24, 2.45) is 0 Å². The van der Waals surface area contributed by atoms with Crippen LogP contribution in [0.2, 0.25) is 0 Å². The van der Waals surface area contributed by atoms with Gasteiger partial charge in [-0.1, -0.05) is 166 Å². The minimum absolute atomic E-state index is 0.0812. The van der Waals surface area contributed by atoms with Gasteiger partial charge in [0.25, 0.3) is 0 Å². The van der Waals surface area contributed by atoms with E-state index in [9.17, 15) is 14.4 Å². The van der Waals surface area contributed by atoms with Gasteiger partial charge in [-0.25, -0.2) is 0 Å². The van der Waals surface area contributed by atoms with E-state index in [1.807, 2.05) is 0 Å². The van der Waals surface area contributed by atoms with Gasteiger partial charge in [0.05, 0.1) is 0 Å². The van der Waals surface area contributed by atoms with Crippen LogP contribution in [0.5, 0.6) is 0 Å². The fourth-order valence-corrected chi connectivity index (χ4v) is 5.49. The van der Waals surface area contributed by atoms with Gasteiger partial charge in [0.15, 0.2) is 6.10 Å². The largest absolute Gasteiger partial charge is 0.462 e. The van der Waals surface area contributed by atoms with E-state index in [0.29, 0.717) is 19.3 Å². The van der Waals surface area contributed by atoms with Crippen molar-refractivity contribution in [1.29, 1.82) is 0 Å². The van der Waals surface area contributed by atoms with Gasteiger partial charge in [-0.15, -0.1) is 0 Å². The summed E-state index contributed by atoms with van der Waals surface area (Å²) < 4.78 is 16.5. The number of carbonyl (C=O) groups is 3. The molecule has 6 heteroatoms. The molecule has 0 aromatic carbocycles. The number of rotatable bonds is 36. The lowest BCUT2D eigenvalue weighted by Crippen LogP contribution is -2.30. The number of hydrogen-bond donors (Lipinski definition) is 0. The quantitative estimate of drug-likeness (QED) is 0.0280. The third kappa shape index (κ3) is 36.6. The third-order valence-corrected chi connectivity index (χ3v) is 8.60. The zero-order valence-electron chi connectivity index (χ0n) is 32.7. The van der Waals surface area contributed by atoms with Gasteiger partial charge in [-0.3, -0.25) is 14.4 Å². The number of ether oxygens (including phenoxy) is 3. The molecule has 0 saturated carbocycles. The highest BCUT2D eigenvalue weighted by molar-refractivity contribution is 5.71. The summed E-state index contributed by atoms with van der Waals surface area (Å²) in [5, 5.41) is 0. The van der Waals surface area contributed by atoms with Gasteiger partial charge < -0.3 is 14.2 Å². The van der Waals surface area contributed by atoms with Crippen LogP contribution < -0.4 is 0 Å². The topological polar surface area (TPSA) is 78.9 Å². The summed E-state index contributed by atoms with van der Waals surface area (Å²) >= 11 is 0. The Balaban J connectivity index is 4.28. The molecular formula is C44H76O6. The Hall–Kier alpha value is -2.63. The van der Waals surface area contributed by atoms with Crippen LogP contribution in [0.15, 0.2) is 48.6 Å². The van der Waals surface area contributed by atoms with Crippen molar-refractivity contribution in [2.45, 2.75) is 200 Å². The molecule has 6 nitrogen and oxygen atoms in total. The van der Waals surface area contributed by atoms with Crippen molar-refractivity contribution in [3.05, 3.63) is 48.6 Å². The molecular weight excluding hydrogens is 624 g/mol. The Kier molecular flexibility index (Phi) is 37.1. The maximum atomic E-state index is 12.6. The normalized spacial score (nSPS) is 12.5. The molecule has 0 fully saturated rings. The highest BCUT2D eigenvalue weighted by atomic mass is 16.6. The molecule has 0 aliphatic heterocycles. The van der Waals surface area contributed by atoms with Gasteiger partial charge in [0, 0.05) is 19.3 Å². The van der Waals surface area contributed by atoms with E-state index in [1.54, 1.807) is 0 Å². The van der Waals surface area contributed by atoms with Crippen molar-refractivity contribution in [3.8, 4) is 0 Å². The van der Waals surface area contributed by atoms with Crippen molar-refractivity contribution >= 4 is 17.9 Å². The highest BCUT2D eigenvalue weighted by Crippen LogP contribution is 2.13. The smallest absolute Gasteiger partial charge is 0.306 e. The zero-order valence-corrected chi connectivity index (χ0v) is 32.7. The molecule has 0 aromatic heterocycles. The summed E-state index contributed by atoms with van der Waals surface area (Å²) in [6, 6.07) is 0. The second-order valence-electron chi connectivity index (χ2n) is 13.5. The first-order valence-electron chi connectivity index (χ1n) is 20.6. The van der Waals surface area contributed by atoms with Crippen LogP contribution in [0.25, 0.3) is 0 Å². The van der Waals surface area contributed by atoms with Crippen molar-refractivity contribution in [3.63, 3.8) is 0 Å². The Labute approximate surface area is 307 Å². The molecule has 0 amide bonds. The lowest BCUT2D eigenvalue weighted by molar-refractivity contribution is -0.167. The summed E-state index contributed by atoms with van der Waals surface area (Å²) in [6.07, 6.45) is 44.1. The van der Waals surface area contributed by atoms with E-state index in [2.05, 4.69) is 69.4 Å². The van der Waals surface area contributed by atoms with E-state index < -0.39 is 6.10 Å². The van der Waals surface area contributed by atoms with Crippen molar-refractivity contribution in [1.82, 2.24) is 0 Å². The van der Waals surface area contributed by atoms with Gasteiger partial charge in [0.1, 0.15) is 13.2 Å². The molecule has 0 aliphatic carbocycles.